The van der Waals surface area contributed by atoms with Crippen molar-refractivity contribution in [2.24, 2.45) is 5.92 Å². The molecule has 0 aliphatic carbocycles. The molecule has 0 saturated heterocycles. The van der Waals surface area contributed by atoms with Crippen LogP contribution >= 0.6 is 22.6 Å². The summed E-state index contributed by atoms with van der Waals surface area (Å²) in [5.74, 6) is 2.28. The van der Waals surface area contributed by atoms with Crippen molar-refractivity contribution in [2.75, 3.05) is 19.0 Å². The van der Waals surface area contributed by atoms with E-state index in [0.29, 0.717) is 12.5 Å². The van der Waals surface area contributed by atoms with Gasteiger partial charge >= 0.3 is 0 Å². The summed E-state index contributed by atoms with van der Waals surface area (Å²) in [5.41, 5.74) is 1.11. The van der Waals surface area contributed by atoms with Gasteiger partial charge in [0.05, 0.1) is 9.26 Å². The average molecular weight is 377 g/mol. The van der Waals surface area contributed by atoms with Crippen LogP contribution in [-0.4, -0.2) is 23.6 Å². The molecule has 1 rings (SSSR count). The molecule has 0 aliphatic heterocycles. The lowest BCUT2D eigenvalue weighted by Crippen LogP contribution is -2.14. The van der Waals surface area contributed by atoms with Crippen LogP contribution in [-0.2, 0) is 11.2 Å². The van der Waals surface area contributed by atoms with Gasteiger partial charge in [0.1, 0.15) is 11.9 Å². The third kappa shape index (κ3) is 4.56. The number of ether oxygens (including phenoxy) is 1. The predicted octanol–water partition coefficient (Wildman–Crippen LogP) is 3.81. The van der Waals surface area contributed by atoms with Gasteiger partial charge in [-0.1, -0.05) is 20.8 Å². The molecule has 0 saturated carbocycles. The molecule has 1 heterocycles. The molecule has 0 bridgehead atoms. The molecule has 108 valence electrons. The number of nitrogens with one attached hydrogen (secondary N) is 1. The molecule has 1 N–H and O–H groups in total. The number of hydrogen-bond donors (Lipinski definition) is 1. The van der Waals surface area contributed by atoms with Crippen LogP contribution in [0.5, 0.6) is 0 Å². The Bertz CT molecular complexity index is 410. The lowest BCUT2D eigenvalue weighted by Gasteiger charge is -2.18. The standard InChI is InChI=1S/C14H24IN3O/c1-6-11(19-7-2)13-17-10(8-9(3)4)12(15)14(16-5)18-13/h9,11H,6-8H2,1-5H3,(H,16,17,18). The topological polar surface area (TPSA) is 47.0 Å². The second kappa shape index (κ2) is 7.99. The minimum absolute atomic E-state index is 0.0139. The van der Waals surface area contributed by atoms with Crippen molar-refractivity contribution in [1.82, 2.24) is 9.97 Å². The SMILES string of the molecule is CCOC(CC)c1nc(CC(C)C)c(I)c(NC)n1. The molecule has 19 heavy (non-hydrogen) atoms. The molecule has 1 atom stereocenters. The Morgan fingerprint density at radius 3 is 2.42 bits per heavy atom. The van der Waals surface area contributed by atoms with Crippen molar-refractivity contribution in [3.8, 4) is 0 Å². The van der Waals surface area contributed by atoms with E-state index in [2.05, 4.69) is 53.7 Å². The highest BCUT2D eigenvalue weighted by Gasteiger charge is 2.18. The summed E-state index contributed by atoms with van der Waals surface area (Å²) >= 11 is 2.32. The van der Waals surface area contributed by atoms with E-state index in [-0.39, 0.29) is 6.10 Å². The van der Waals surface area contributed by atoms with Crippen LogP contribution in [0, 0.1) is 9.49 Å². The monoisotopic (exact) mass is 377 g/mol. The van der Waals surface area contributed by atoms with Gasteiger partial charge in [0.15, 0.2) is 5.82 Å². The Kier molecular flexibility index (Phi) is 6.99. The predicted molar refractivity (Wildman–Crippen MR) is 87.5 cm³/mol. The maximum atomic E-state index is 5.72. The van der Waals surface area contributed by atoms with Gasteiger partial charge in [-0.15, -0.1) is 0 Å². The fraction of sp³-hybridized carbons (Fsp3) is 0.714. The van der Waals surface area contributed by atoms with Crippen molar-refractivity contribution in [2.45, 2.75) is 46.6 Å². The molecule has 0 spiro atoms. The largest absolute Gasteiger partial charge is 0.372 e. The highest BCUT2D eigenvalue weighted by molar-refractivity contribution is 14.1. The number of rotatable bonds is 7. The first-order valence-corrected chi connectivity index (χ1v) is 7.96. The van der Waals surface area contributed by atoms with Crippen LogP contribution in [0.25, 0.3) is 0 Å². The van der Waals surface area contributed by atoms with Gasteiger partial charge in [0.25, 0.3) is 0 Å². The van der Waals surface area contributed by atoms with Crippen LogP contribution in [0.4, 0.5) is 5.82 Å². The Morgan fingerprint density at radius 2 is 1.95 bits per heavy atom. The molecular weight excluding hydrogens is 353 g/mol. The summed E-state index contributed by atoms with van der Waals surface area (Å²) < 4.78 is 6.84. The van der Waals surface area contributed by atoms with E-state index in [1.54, 1.807) is 0 Å². The lowest BCUT2D eigenvalue weighted by molar-refractivity contribution is 0.0533. The minimum Gasteiger partial charge on any atom is -0.372 e. The van der Waals surface area contributed by atoms with Crippen molar-refractivity contribution in [3.05, 3.63) is 15.1 Å². The molecule has 0 radical (unpaired) electrons. The van der Waals surface area contributed by atoms with Crippen LogP contribution < -0.4 is 5.32 Å². The maximum Gasteiger partial charge on any atom is 0.159 e. The van der Waals surface area contributed by atoms with E-state index in [9.17, 15) is 0 Å². The fourth-order valence-corrected chi connectivity index (χ4v) is 2.65. The zero-order chi connectivity index (χ0) is 14.4. The Morgan fingerprint density at radius 1 is 1.26 bits per heavy atom. The smallest absolute Gasteiger partial charge is 0.159 e. The fourth-order valence-electron chi connectivity index (χ4n) is 1.92. The second-order valence-electron chi connectivity index (χ2n) is 4.89. The zero-order valence-corrected chi connectivity index (χ0v) is 14.6. The van der Waals surface area contributed by atoms with Crippen LogP contribution in [0.15, 0.2) is 0 Å². The molecule has 1 aromatic rings. The normalized spacial score (nSPS) is 12.8. The van der Waals surface area contributed by atoms with E-state index < -0.39 is 0 Å². The van der Waals surface area contributed by atoms with E-state index in [1.165, 1.54) is 0 Å². The second-order valence-corrected chi connectivity index (χ2v) is 5.97. The van der Waals surface area contributed by atoms with Gasteiger partial charge in [-0.05, 0) is 48.3 Å². The van der Waals surface area contributed by atoms with Crippen LogP contribution in [0.2, 0.25) is 0 Å². The zero-order valence-electron chi connectivity index (χ0n) is 12.5. The van der Waals surface area contributed by atoms with Crippen LogP contribution in [0.1, 0.15) is 51.7 Å². The van der Waals surface area contributed by atoms with Crippen molar-refractivity contribution in [1.29, 1.82) is 0 Å². The van der Waals surface area contributed by atoms with Gasteiger partial charge < -0.3 is 10.1 Å². The number of aromatic nitrogens is 2. The molecule has 0 amide bonds. The van der Waals surface area contributed by atoms with Crippen LogP contribution in [0.3, 0.4) is 0 Å². The summed E-state index contributed by atoms with van der Waals surface area (Å²) in [6.45, 7) is 9.20. The Labute approximate surface area is 129 Å². The first kappa shape index (κ1) is 16.6. The molecule has 1 aromatic heterocycles. The van der Waals surface area contributed by atoms with Gasteiger partial charge in [-0.2, -0.15) is 0 Å². The number of halogens is 1. The van der Waals surface area contributed by atoms with E-state index in [4.69, 9.17) is 9.72 Å². The van der Waals surface area contributed by atoms with Gasteiger partial charge in [0, 0.05) is 13.7 Å². The number of nitrogens with zero attached hydrogens (tertiary/aromatic N) is 2. The highest BCUT2D eigenvalue weighted by Crippen LogP contribution is 2.25. The van der Waals surface area contributed by atoms with E-state index >= 15 is 0 Å². The average Bonchev–Trinajstić information content (AvgIpc) is 2.38. The Hall–Kier alpha value is -0.430. The van der Waals surface area contributed by atoms with Gasteiger partial charge in [-0.3, -0.25) is 0 Å². The Balaban J connectivity index is 3.17. The molecule has 0 fully saturated rings. The van der Waals surface area contributed by atoms with Crippen molar-refractivity contribution >= 4 is 28.4 Å². The molecular formula is C14H24IN3O. The van der Waals surface area contributed by atoms with E-state index in [1.807, 2.05) is 14.0 Å². The van der Waals surface area contributed by atoms with Crippen molar-refractivity contribution in [3.63, 3.8) is 0 Å². The molecule has 0 aromatic carbocycles. The van der Waals surface area contributed by atoms with Gasteiger partial charge in [-0.25, -0.2) is 9.97 Å². The minimum atomic E-state index is -0.0139. The molecule has 4 nitrogen and oxygen atoms in total. The summed E-state index contributed by atoms with van der Waals surface area (Å²) in [6.07, 6.45) is 1.84. The first-order chi connectivity index (χ1) is 9.03. The third-order valence-corrected chi connectivity index (χ3v) is 3.94. The molecule has 1 unspecified atom stereocenters. The number of anilines is 1. The number of hydrogen-bond acceptors (Lipinski definition) is 4. The van der Waals surface area contributed by atoms with E-state index in [0.717, 1.165) is 33.7 Å². The summed E-state index contributed by atoms with van der Waals surface area (Å²) in [6, 6.07) is 0. The summed E-state index contributed by atoms with van der Waals surface area (Å²) in [4.78, 5) is 9.32. The first-order valence-electron chi connectivity index (χ1n) is 6.89. The molecule has 0 aliphatic rings. The quantitative estimate of drug-likeness (QED) is 0.735. The maximum absolute atomic E-state index is 5.72. The summed E-state index contributed by atoms with van der Waals surface area (Å²) in [7, 11) is 1.90. The van der Waals surface area contributed by atoms with Crippen molar-refractivity contribution < 1.29 is 4.74 Å². The third-order valence-electron chi connectivity index (χ3n) is 2.80. The summed E-state index contributed by atoms with van der Waals surface area (Å²) in [5, 5.41) is 3.16. The highest BCUT2D eigenvalue weighted by atomic mass is 127. The lowest BCUT2D eigenvalue weighted by atomic mass is 10.1. The molecule has 5 heteroatoms. The van der Waals surface area contributed by atoms with Gasteiger partial charge in [0.2, 0.25) is 0 Å².